The van der Waals surface area contributed by atoms with Crippen LogP contribution in [0.5, 0.6) is 0 Å². The Morgan fingerprint density at radius 3 is 2.24 bits per heavy atom. The maximum absolute atomic E-state index is 14.2. The van der Waals surface area contributed by atoms with E-state index in [4.69, 9.17) is 0 Å². The molecule has 0 aromatic rings. The monoisotopic (exact) mass is 238 g/mol. The Kier molecular flexibility index (Phi) is 3.45. The second kappa shape index (κ2) is 4.90. The summed E-state index contributed by atoms with van der Waals surface area (Å²) in [6, 6.07) is 0. The minimum atomic E-state index is -0.459. The Morgan fingerprint density at radius 1 is 0.941 bits per heavy atom. The lowest BCUT2D eigenvalue weighted by molar-refractivity contribution is 0.0547. The maximum Gasteiger partial charge on any atom is 0.103 e. The van der Waals surface area contributed by atoms with E-state index < -0.39 is 6.17 Å². The topological polar surface area (TPSA) is 0 Å². The number of halogens is 1. The SMILES string of the molecule is CCCC1CC(F)C2CC3CCCCC3CC12. The summed E-state index contributed by atoms with van der Waals surface area (Å²) in [6.45, 7) is 2.26. The van der Waals surface area contributed by atoms with Gasteiger partial charge < -0.3 is 0 Å². The lowest BCUT2D eigenvalue weighted by Crippen LogP contribution is -2.35. The average molecular weight is 238 g/mol. The highest BCUT2D eigenvalue weighted by Gasteiger charge is 2.48. The second-order valence-electron chi connectivity index (χ2n) is 6.90. The number of fused-ring (bicyclic) bond motifs is 2. The van der Waals surface area contributed by atoms with Crippen molar-refractivity contribution >= 4 is 0 Å². The Balaban J connectivity index is 1.71. The Bertz CT molecular complexity index is 262. The van der Waals surface area contributed by atoms with Crippen LogP contribution >= 0.6 is 0 Å². The van der Waals surface area contributed by atoms with Crippen LogP contribution < -0.4 is 0 Å². The third-order valence-corrected chi connectivity index (χ3v) is 6.02. The Hall–Kier alpha value is -0.0700. The van der Waals surface area contributed by atoms with Crippen LogP contribution in [0, 0.1) is 29.6 Å². The molecular weight excluding hydrogens is 211 g/mol. The van der Waals surface area contributed by atoms with E-state index in [1.54, 1.807) is 0 Å². The van der Waals surface area contributed by atoms with Gasteiger partial charge in [0.25, 0.3) is 0 Å². The predicted octanol–water partition coefficient (Wildman–Crippen LogP) is 4.98. The summed E-state index contributed by atoms with van der Waals surface area (Å²) >= 11 is 0. The molecule has 6 atom stereocenters. The van der Waals surface area contributed by atoms with Crippen molar-refractivity contribution in [3.63, 3.8) is 0 Å². The molecule has 0 amide bonds. The van der Waals surface area contributed by atoms with Gasteiger partial charge in [-0.2, -0.15) is 0 Å². The lowest BCUT2D eigenvalue weighted by Gasteiger charge is -2.43. The van der Waals surface area contributed by atoms with Gasteiger partial charge in [0.05, 0.1) is 0 Å². The zero-order valence-corrected chi connectivity index (χ0v) is 11.2. The summed E-state index contributed by atoms with van der Waals surface area (Å²) in [5.74, 6) is 3.79. The molecule has 3 aliphatic carbocycles. The molecule has 0 spiro atoms. The number of hydrogen-bond donors (Lipinski definition) is 0. The van der Waals surface area contributed by atoms with Gasteiger partial charge in [-0.05, 0) is 48.9 Å². The van der Waals surface area contributed by atoms with Crippen LogP contribution in [0.4, 0.5) is 4.39 Å². The Labute approximate surface area is 105 Å². The summed E-state index contributed by atoms with van der Waals surface area (Å²) in [5, 5.41) is 0. The second-order valence-corrected chi connectivity index (χ2v) is 6.90. The largest absolute Gasteiger partial charge is 0.247 e. The molecule has 17 heavy (non-hydrogen) atoms. The minimum Gasteiger partial charge on any atom is -0.247 e. The summed E-state index contributed by atoms with van der Waals surface area (Å²) in [6.07, 6.45) is 11.3. The smallest absolute Gasteiger partial charge is 0.103 e. The summed E-state index contributed by atoms with van der Waals surface area (Å²) < 4.78 is 14.2. The molecule has 0 bridgehead atoms. The molecule has 3 aliphatic rings. The highest BCUT2D eigenvalue weighted by atomic mass is 19.1. The van der Waals surface area contributed by atoms with Crippen molar-refractivity contribution in [2.75, 3.05) is 0 Å². The third-order valence-electron chi connectivity index (χ3n) is 6.02. The predicted molar refractivity (Wildman–Crippen MR) is 69.6 cm³/mol. The van der Waals surface area contributed by atoms with Gasteiger partial charge in [-0.1, -0.05) is 45.4 Å². The van der Waals surface area contributed by atoms with E-state index >= 15 is 0 Å². The van der Waals surface area contributed by atoms with Gasteiger partial charge in [0.2, 0.25) is 0 Å². The van der Waals surface area contributed by atoms with E-state index in [-0.39, 0.29) is 0 Å². The van der Waals surface area contributed by atoms with Crippen LogP contribution in [0.3, 0.4) is 0 Å². The molecule has 0 heterocycles. The molecule has 1 heteroatoms. The molecule has 0 N–H and O–H groups in total. The first-order valence-electron chi connectivity index (χ1n) is 7.93. The summed E-state index contributed by atoms with van der Waals surface area (Å²) in [4.78, 5) is 0. The highest BCUT2D eigenvalue weighted by Crippen LogP contribution is 2.54. The van der Waals surface area contributed by atoms with Crippen LogP contribution in [0.15, 0.2) is 0 Å². The van der Waals surface area contributed by atoms with Gasteiger partial charge in [-0.15, -0.1) is 0 Å². The average Bonchev–Trinajstić information content (AvgIpc) is 2.64. The summed E-state index contributed by atoms with van der Waals surface area (Å²) in [7, 11) is 0. The van der Waals surface area contributed by atoms with Crippen molar-refractivity contribution in [2.45, 2.75) is 70.9 Å². The van der Waals surface area contributed by atoms with Gasteiger partial charge in [-0.25, -0.2) is 4.39 Å². The van der Waals surface area contributed by atoms with Gasteiger partial charge in [0, 0.05) is 0 Å². The van der Waals surface area contributed by atoms with Gasteiger partial charge in [-0.3, -0.25) is 0 Å². The highest BCUT2D eigenvalue weighted by molar-refractivity contribution is 4.98. The Morgan fingerprint density at radius 2 is 1.59 bits per heavy atom. The molecule has 6 unspecified atom stereocenters. The molecule has 0 nitrogen and oxygen atoms in total. The van der Waals surface area contributed by atoms with Gasteiger partial charge >= 0.3 is 0 Å². The third kappa shape index (κ3) is 2.15. The van der Waals surface area contributed by atoms with Crippen LogP contribution in [-0.4, -0.2) is 6.17 Å². The lowest BCUT2D eigenvalue weighted by atomic mass is 9.62. The standard InChI is InChI=1S/C16H27F/c1-2-5-13-10-16(17)15-9-12-7-4-3-6-11(12)8-14(13)15/h11-16H,2-10H2,1H3. The van der Waals surface area contributed by atoms with Gasteiger partial charge in [0.1, 0.15) is 6.17 Å². The van der Waals surface area contributed by atoms with E-state index in [2.05, 4.69) is 6.92 Å². The number of hydrogen-bond acceptors (Lipinski definition) is 0. The summed E-state index contributed by atoms with van der Waals surface area (Å²) in [5.41, 5.74) is 0. The molecule has 0 aromatic carbocycles. The zero-order valence-electron chi connectivity index (χ0n) is 11.2. The fraction of sp³-hybridized carbons (Fsp3) is 1.00. The normalized spacial score (nSPS) is 49.8. The van der Waals surface area contributed by atoms with E-state index in [9.17, 15) is 4.39 Å². The first-order chi connectivity index (χ1) is 8.29. The molecular formula is C16H27F. The molecule has 3 saturated carbocycles. The van der Waals surface area contributed by atoms with Gasteiger partial charge in [0.15, 0.2) is 0 Å². The fourth-order valence-corrected chi connectivity index (χ4v) is 5.25. The molecule has 0 aliphatic heterocycles. The zero-order chi connectivity index (χ0) is 11.8. The van der Waals surface area contributed by atoms with Crippen LogP contribution in [0.2, 0.25) is 0 Å². The van der Waals surface area contributed by atoms with Crippen molar-refractivity contribution < 1.29 is 4.39 Å². The molecule has 3 rings (SSSR count). The minimum absolute atomic E-state index is 0.450. The number of rotatable bonds is 2. The number of alkyl halides is 1. The quantitative estimate of drug-likeness (QED) is 0.636. The van der Waals surface area contributed by atoms with Crippen LogP contribution in [0.25, 0.3) is 0 Å². The van der Waals surface area contributed by atoms with Crippen LogP contribution in [-0.2, 0) is 0 Å². The molecule has 3 fully saturated rings. The molecule has 98 valence electrons. The van der Waals surface area contributed by atoms with Crippen molar-refractivity contribution in [3.05, 3.63) is 0 Å². The van der Waals surface area contributed by atoms with E-state index in [0.29, 0.717) is 5.92 Å². The van der Waals surface area contributed by atoms with Crippen molar-refractivity contribution in [3.8, 4) is 0 Å². The first kappa shape index (κ1) is 12.0. The van der Waals surface area contributed by atoms with Crippen LogP contribution in [0.1, 0.15) is 64.7 Å². The molecule has 0 saturated heterocycles. The van der Waals surface area contributed by atoms with E-state index in [1.165, 1.54) is 51.4 Å². The van der Waals surface area contributed by atoms with E-state index in [1.807, 2.05) is 0 Å². The van der Waals surface area contributed by atoms with Crippen molar-refractivity contribution in [1.29, 1.82) is 0 Å². The van der Waals surface area contributed by atoms with Crippen molar-refractivity contribution in [1.82, 2.24) is 0 Å². The van der Waals surface area contributed by atoms with E-state index in [0.717, 1.165) is 30.1 Å². The molecule has 0 aromatic heterocycles. The maximum atomic E-state index is 14.2. The first-order valence-corrected chi connectivity index (χ1v) is 7.93. The fourth-order valence-electron chi connectivity index (χ4n) is 5.25. The molecule has 0 radical (unpaired) electrons. The van der Waals surface area contributed by atoms with Crippen molar-refractivity contribution in [2.24, 2.45) is 29.6 Å².